The van der Waals surface area contributed by atoms with E-state index in [0.717, 1.165) is 12.7 Å². The number of thiocarbonyl (C=S) groups is 1. The summed E-state index contributed by atoms with van der Waals surface area (Å²) in [6.07, 6.45) is 2.50. The number of rotatable bonds is 7. The number of sulfone groups is 1. The van der Waals surface area contributed by atoms with E-state index in [2.05, 4.69) is 5.32 Å². The van der Waals surface area contributed by atoms with Gasteiger partial charge >= 0.3 is 0 Å². The lowest BCUT2D eigenvalue weighted by Gasteiger charge is -2.14. The van der Waals surface area contributed by atoms with Crippen molar-refractivity contribution in [2.45, 2.75) is 19.8 Å². The molecule has 1 amide bonds. The average molecular weight is 266 g/mol. The highest BCUT2D eigenvalue weighted by atomic mass is 32.2. The van der Waals surface area contributed by atoms with Crippen LogP contribution < -0.4 is 11.1 Å². The molecule has 0 fully saturated rings. The molecule has 0 saturated carbocycles. The minimum absolute atomic E-state index is 0.0745. The first kappa shape index (κ1) is 15.3. The van der Waals surface area contributed by atoms with Crippen molar-refractivity contribution in [3.63, 3.8) is 0 Å². The van der Waals surface area contributed by atoms with Crippen LogP contribution in [0.15, 0.2) is 0 Å². The number of carbonyl (C=O) groups excluding carboxylic acids is 1. The van der Waals surface area contributed by atoms with Crippen molar-refractivity contribution in [3.8, 4) is 0 Å². The van der Waals surface area contributed by atoms with E-state index in [9.17, 15) is 13.2 Å². The number of nitrogens with two attached hydrogens (primary N) is 1. The predicted octanol–water partition coefficient (Wildman–Crippen LogP) is -0.150. The van der Waals surface area contributed by atoms with Crippen LogP contribution in [0.2, 0.25) is 0 Å². The minimum atomic E-state index is -3.06. The van der Waals surface area contributed by atoms with Crippen LogP contribution in [0.1, 0.15) is 19.8 Å². The molecule has 0 bridgehead atoms. The second-order valence-corrected chi connectivity index (χ2v) is 6.40. The highest BCUT2D eigenvalue weighted by molar-refractivity contribution is 7.90. The number of carbonyl (C=O) groups is 1. The van der Waals surface area contributed by atoms with E-state index < -0.39 is 15.8 Å². The maximum Gasteiger partial charge on any atom is 0.229 e. The first-order chi connectivity index (χ1) is 7.28. The van der Waals surface area contributed by atoms with E-state index in [1.54, 1.807) is 0 Å². The molecule has 0 aliphatic heterocycles. The Bertz CT molecular complexity index is 352. The largest absolute Gasteiger partial charge is 0.393 e. The summed E-state index contributed by atoms with van der Waals surface area (Å²) in [5.41, 5.74) is 5.43. The summed E-state index contributed by atoms with van der Waals surface area (Å²) in [5.74, 6) is -0.868. The average Bonchev–Trinajstić information content (AvgIpc) is 2.11. The van der Waals surface area contributed by atoms with Gasteiger partial charge in [-0.05, 0) is 6.42 Å². The van der Waals surface area contributed by atoms with Crippen LogP contribution >= 0.6 is 12.2 Å². The molecule has 0 aromatic rings. The zero-order valence-corrected chi connectivity index (χ0v) is 11.2. The summed E-state index contributed by atoms with van der Waals surface area (Å²) in [4.78, 5) is 11.7. The number of hydrogen-bond donors (Lipinski definition) is 2. The van der Waals surface area contributed by atoms with Crippen molar-refractivity contribution in [1.82, 2.24) is 5.32 Å². The van der Waals surface area contributed by atoms with Gasteiger partial charge in [0, 0.05) is 12.8 Å². The van der Waals surface area contributed by atoms with Gasteiger partial charge in [-0.2, -0.15) is 0 Å². The Morgan fingerprint density at radius 2 is 2.06 bits per heavy atom. The Morgan fingerprint density at radius 1 is 1.50 bits per heavy atom. The van der Waals surface area contributed by atoms with Crippen molar-refractivity contribution in [1.29, 1.82) is 0 Å². The molecule has 0 aliphatic carbocycles. The van der Waals surface area contributed by atoms with Crippen molar-refractivity contribution in [2.75, 3.05) is 18.6 Å². The topological polar surface area (TPSA) is 89.3 Å². The fourth-order valence-corrected chi connectivity index (χ4v) is 1.87. The molecule has 0 aromatic carbocycles. The van der Waals surface area contributed by atoms with Gasteiger partial charge in [-0.3, -0.25) is 4.79 Å². The second-order valence-electron chi connectivity index (χ2n) is 3.66. The maximum atomic E-state index is 11.6. The highest BCUT2D eigenvalue weighted by Crippen LogP contribution is 2.06. The smallest absolute Gasteiger partial charge is 0.229 e. The van der Waals surface area contributed by atoms with Crippen molar-refractivity contribution in [3.05, 3.63) is 0 Å². The summed E-state index contributed by atoms with van der Waals surface area (Å²) >= 11 is 4.78. The molecule has 94 valence electrons. The third kappa shape index (κ3) is 6.73. The molecule has 1 unspecified atom stereocenters. The van der Waals surface area contributed by atoms with Gasteiger partial charge in [0.2, 0.25) is 5.91 Å². The van der Waals surface area contributed by atoms with Crippen LogP contribution in [0.25, 0.3) is 0 Å². The first-order valence-corrected chi connectivity index (χ1v) is 7.49. The van der Waals surface area contributed by atoms with E-state index in [-0.39, 0.29) is 23.2 Å². The summed E-state index contributed by atoms with van der Waals surface area (Å²) in [6.45, 7) is 2.02. The summed E-state index contributed by atoms with van der Waals surface area (Å²) < 4.78 is 21.7. The molecular weight excluding hydrogens is 248 g/mol. The summed E-state index contributed by atoms with van der Waals surface area (Å²) in [7, 11) is -3.06. The molecule has 0 aromatic heterocycles. The van der Waals surface area contributed by atoms with Gasteiger partial charge in [-0.25, -0.2) is 8.42 Å². The molecule has 0 spiro atoms. The molecule has 0 radical (unpaired) electrons. The fourth-order valence-electron chi connectivity index (χ4n) is 1.17. The van der Waals surface area contributed by atoms with Crippen LogP contribution in [0.3, 0.4) is 0 Å². The van der Waals surface area contributed by atoms with E-state index in [0.29, 0.717) is 6.42 Å². The van der Waals surface area contributed by atoms with Gasteiger partial charge in [0.05, 0.1) is 16.7 Å². The Kier molecular flexibility index (Phi) is 6.51. The first-order valence-electron chi connectivity index (χ1n) is 5.02. The molecule has 16 heavy (non-hydrogen) atoms. The Morgan fingerprint density at radius 3 is 2.44 bits per heavy atom. The third-order valence-electron chi connectivity index (χ3n) is 2.01. The van der Waals surface area contributed by atoms with E-state index in [1.165, 1.54) is 0 Å². The standard InChI is InChI=1S/C9H18N2O3S2/c1-3-4-7(8(10)15)9(12)11-5-6-16(2,13)14/h7H,3-6H2,1-2H3,(H2,10,15)(H,11,12). The minimum Gasteiger partial charge on any atom is -0.393 e. The number of nitrogens with one attached hydrogen (secondary N) is 1. The molecule has 0 aliphatic rings. The highest BCUT2D eigenvalue weighted by Gasteiger charge is 2.20. The van der Waals surface area contributed by atoms with Crippen molar-refractivity contribution < 1.29 is 13.2 Å². The Labute approximate surface area is 102 Å². The van der Waals surface area contributed by atoms with Crippen molar-refractivity contribution >= 4 is 33.0 Å². The van der Waals surface area contributed by atoms with Crippen LogP contribution in [0, 0.1) is 5.92 Å². The van der Waals surface area contributed by atoms with Gasteiger partial charge in [0.1, 0.15) is 9.84 Å². The van der Waals surface area contributed by atoms with Crippen LogP contribution in [0.4, 0.5) is 0 Å². The van der Waals surface area contributed by atoms with Crippen molar-refractivity contribution in [2.24, 2.45) is 11.7 Å². The Balaban J connectivity index is 4.17. The van der Waals surface area contributed by atoms with E-state index in [1.807, 2.05) is 6.92 Å². The van der Waals surface area contributed by atoms with Gasteiger partial charge in [0.25, 0.3) is 0 Å². The fraction of sp³-hybridized carbons (Fsp3) is 0.778. The Hall–Kier alpha value is -0.690. The SMILES string of the molecule is CCCC(C(=O)NCCS(C)(=O)=O)C(N)=S. The molecule has 7 heteroatoms. The number of hydrogen-bond acceptors (Lipinski definition) is 4. The lowest BCUT2D eigenvalue weighted by Crippen LogP contribution is -2.39. The quantitative estimate of drug-likeness (QED) is 0.626. The molecule has 0 saturated heterocycles. The van der Waals surface area contributed by atoms with Gasteiger partial charge in [-0.1, -0.05) is 25.6 Å². The maximum absolute atomic E-state index is 11.6. The zero-order valence-electron chi connectivity index (χ0n) is 9.52. The molecule has 3 N–H and O–H groups in total. The van der Waals surface area contributed by atoms with Gasteiger partial charge in [-0.15, -0.1) is 0 Å². The predicted molar refractivity (Wildman–Crippen MR) is 67.9 cm³/mol. The second kappa shape index (κ2) is 6.80. The van der Waals surface area contributed by atoms with Crippen LogP contribution in [-0.4, -0.2) is 37.9 Å². The molecule has 0 rings (SSSR count). The van der Waals surface area contributed by atoms with Gasteiger partial charge in [0.15, 0.2) is 0 Å². The zero-order chi connectivity index (χ0) is 12.8. The molecular formula is C9H18N2O3S2. The molecule has 0 heterocycles. The summed E-state index contributed by atoms with van der Waals surface area (Å²) in [5, 5.41) is 2.52. The lowest BCUT2D eigenvalue weighted by atomic mass is 10.0. The summed E-state index contributed by atoms with van der Waals surface area (Å²) in [6, 6.07) is 0. The molecule has 5 nitrogen and oxygen atoms in total. The van der Waals surface area contributed by atoms with Crippen LogP contribution in [0.5, 0.6) is 0 Å². The normalized spacial score (nSPS) is 13.1. The third-order valence-corrected chi connectivity index (χ3v) is 3.24. The van der Waals surface area contributed by atoms with E-state index in [4.69, 9.17) is 18.0 Å². The van der Waals surface area contributed by atoms with E-state index >= 15 is 0 Å². The van der Waals surface area contributed by atoms with Crippen LogP contribution in [-0.2, 0) is 14.6 Å². The number of amides is 1. The lowest BCUT2D eigenvalue weighted by molar-refractivity contribution is -0.123. The monoisotopic (exact) mass is 266 g/mol. The van der Waals surface area contributed by atoms with Gasteiger partial charge < -0.3 is 11.1 Å². The molecule has 1 atom stereocenters.